The van der Waals surface area contributed by atoms with Crippen LogP contribution in [0.3, 0.4) is 0 Å². The predicted molar refractivity (Wildman–Crippen MR) is 76.4 cm³/mol. The van der Waals surface area contributed by atoms with E-state index in [1.807, 2.05) is 0 Å². The number of primary amides is 1. The minimum atomic E-state index is -1.07. The van der Waals surface area contributed by atoms with E-state index in [4.69, 9.17) is 22.4 Å². The number of halogens is 1. The van der Waals surface area contributed by atoms with Crippen molar-refractivity contribution in [3.05, 3.63) is 28.8 Å². The fourth-order valence-electron chi connectivity index (χ4n) is 2.27. The normalized spacial score (nSPS) is 18.2. The third kappa shape index (κ3) is 3.25. The molecule has 1 aliphatic rings. The molecule has 4 N–H and O–H groups in total. The summed E-state index contributed by atoms with van der Waals surface area (Å²) in [6.45, 7) is 0.861. The second-order valence-corrected chi connectivity index (χ2v) is 5.03. The van der Waals surface area contributed by atoms with Crippen LogP contribution in [0.15, 0.2) is 18.2 Å². The lowest BCUT2D eigenvalue weighted by Crippen LogP contribution is -2.56. The Hall–Kier alpha value is -2.28. The van der Waals surface area contributed by atoms with Gasteiger partial charge in [-0.3, -0.25) is 14.4 Å². The second kappa shape index (κ2) is 6.01. The Balaban J connectivity index is 2.33. The van der Waals surface area contributed by atoms with Crippen LogP contribution in [0, 0.1) is 0 Å². The number of hydrogen-bond donors (Lipinski definition) is 3. The Bertz CT molecular complexity index is 605. The topological polar surface area (TPSA) is 113 Å². The highest BCUT2D eigenvalue weighted by molar-refractivity contribution is 6.34. The van der Waals surface area contributed by atoms with Crippen LogP contribution in [0.5, 0.6) is 0 Å². The van der Waals surface area contributed by atoms with E-state index in [1.165, 1.54) is 12.1 Å². The molecule has 0 bridgehead atoms. The van der Waals surface area contributed by atoms with Crippen molar-refractivity contribution in [2.45, 2.75) is 12.5 Å². The number of amides is 2. The lowest BCUT2D eigenvalue weighted by Gasteiger charge is -2.36. The van der Waals surface area contributed by atoms with Gasteiger partial charge >= 0.3 is 5.97 Å². The van der Waals surface area contributed by atoms with Crippen molar-refractivity contribution in [2.75, 3.05) is 18.0 Å². The summed E-state index contributed by atoms with van der Waals surface area (Å²) < 4.78 is 0. The van der Waals surface area contributed by atoms with Crippen LogP contribution in [-0.2, 0) is 9.59 Å². The molecule has 2 rings (SSSR count). The quantitative estimate of drug-likeness (QED) is 0.736. The van der Waals surface area contributed by atoms with Gasteiger partial charge in [0.05, 0.1) is 17.0 Å². The van der Waals surface area contributed by atoms with E-state index in [-0.39, 0.29) is 22.9 Å². The second-order valence-electron chi connectivity index (χ2n) is 4.63. The molecule has 21 heavy (non-hydrogen) atoms. The molecule has 0 aliphatic carbocycles. The Morgan fingerprint density at radius 1 is 1.48 bits per heavy atom. The van der Waals surface area contributed by atoms with Crippen molar-refractivity contribution in [1.82, 2.24) is 5.32 Å². The smallest absolute Gasteiger partial charge is 0.305 e. The first-order chi connectivity index (χ1) is 9.90. The average Bonchev–Trinajstić information content (AvgIpc) is 2.40. The number of rotatable bonds is 4. The molecule has 0 spiro atoms. The fourth-order valence-corrected chi connectivity index (χ4v) is 2.54. The van der Waals surface area contributed by atoms with E-state index in [9.17, 15) is 14.4 Å². The van der Waals surface area contributed by atoms with Gasteiger partial charge in [-0.1, -0.05) is 11.6 Å². The van der Waals surface area contributed by atoms with E-state index in [0.29, 0.717) is 18.8 Å². The molecule has 112 valence electrons. The standard InChI is InChI=1S/C13H14ClN3O4/c14-9-5-7(1-2-8(9)12(15)20)17-4-3-16-13(21)10(17)6-11(18)19/h1-2,5,10H,3-4,6H2,(H2,15,20)(H,16,21)(H,18,19). The molecule has 7 nitrogen and oxygen atoms in total. The summed E-state index contributed by atoms with van der Waals surface area (Å²) in [7, 11) is 0. The number of piperazine rings is 1. The van der Waals surface area contributed by atoms with Crippen molar-refractivity contribution < 1.29 is 19.5 Å². The summed E-state index contributed by atoms with van der Waals surface area (Å²) in [5.41, 5.74) is 5.93. The van der Waals surface area contributed by atoms with Crippen LogP contribution in [0.25, 0.3) is 0 Å². The number of nitrogens with one attached hydrogen (secondary N) is 1. The lowest BCUT2D eigenvalue weighted by atomic mass is 10.1. The SMILES string of the molecule is NC(=O)c1ccc(N2CCNC(=O)C2CC(=O)O)cc1Cl. The van der Waals surface area contributed by atoms with Crippen LogP contribution in [0.2, 0.25) is 5.02 Å². The van der Waals surface area contributed by atoms with Crippen LogP contribution in [-0.4, -0.2) is 42.0 Å². The minimum absolute atomic E-state index is 0.167. The van der Waals surface area contributed by atoms with Gasteiger partial charge in [-0.15, -0.1) is 0 Å². The van der Waals surface area contributed by atoms with Crippen molar-refractivity contribution in [1.29, 1.82) is 0 Å². The summed E-state index contributed by atoms with van der Waals surface area (Å²) in [4.78, 5) is 35.6. The molecule has 1 unspecified atom stereocenters. The predicted octanol–water partition coefficient (Wildman–Crippen LogP) is 0.218. The number of nitrogens with two attached hydrogens (primary N) is 1. The molecule has 1 aromatic carbocycles. The Labute approximate surface area is 125 Å². The zero-order valence-corrected chi connectivity index (χ0v) is 11.8. The van der Waals surface area contributed by atoms with Gasteiger partial charge in [0.15, 0.2) is 0 Å². The zero-order chi connectivity index (χ0) is 15.6. The van der Waals surface area contributed by atoms with Crippen LogP contribution < -0.4 is 16.0 Å². The number of carbonyl (C=O) groups excluding carboxylic acids is 2. The molecule has 0 saturated carbocycles. The van der Waals surface area contributed by atoms with E-state index in [2.05, 4.69) is 5.32 Å². The highest BCUT2D eigenvalue weighted by Gasteiger charge is 2.32. The van der Waals surface area contributed by atoms with Gasteiger partial charge in [0, 0.05) is 18.8 Å². The highest BCUT2D eigenvalue weighted by atomic mass is 35.5. The summed E-state index contributed by atoms with van der Waals surface area (Å²) >= 11 is 5.99. The zero-order valence-electron chi connectivity index (χ0n) is 11.0. The Kier molecular flexibility index (Phi) is 4.32. The molecule has 8 heteroatoms. The maximum atomic E-state index is 11.9. The summed E-state index contributed by atoms with van der Waals surface area (Å²) in [6.07, 6.45) is -0.318. The number of carbonyl (C=O) groups is 3. The minimum Gasteiger partial charge on any atom is -0.481 e. The van der Waals surface area contributed by atoms with Gasteiger partial charge < -0.3 is 21.1 Å². The molecule has 1 saturated heterocycles. The number of hydrogen-bond acceptors (Lipinski definition) is 4. The van der Waals surface area contributed by atoms with Crippen molar-refractivity contribution in [2.24, 2.45) is 5.73 Å². The molecule has 0 radical (unpaired) electrons. The molecule has 1 aromatic rings. The molecular formula is C13H14ClN3O4. The Morgan fingerprint density at radius 3 is 2.76 bits per heavy atom. The largest absolute Gasteiger partial charge is 0.481 e. The molecule has 1 aliphatic heterocycles. The van der Waals surface area contributed by atoms with Crippen LogP contribution in [0.1, 0.15) is 16.8 Å². The maximum Gasteiger partial charge on any atom is 0.305 e. The monoisotopic (exact) mass is 311 g/mol. The summed E-state index contributed by atoms with van der Waals surface area (Å²) in [6, 6.07) is 3.76. The number of benzene rings is 1. The van der Waals surface area contributed by atoms with E-state index in [1.54, 1.807) is 11.0 Å². The van der Waals surface area contributed by atoms with E-state index in [0.717, 1.165) is 0 Å². The summed E-state index contributed by atoms with van der Waals surface area (Å²) in [5, 5.41) is 11.7. The van der Waals surface area contributed by atoms with Crippen LogP contribution in [0.4, 0.5) is 5.69 Å². The Morgan fingerprint density at radius 2 is 2.19 bits per heavy atom. The molecule has 2 amide bonds. The van der Waals surface area contributed by atoms with Crippen LogP contribution >= 0.6 is 11.6 Å². The van der Waals surface area contributed by atoms with Gasteiger partial charge in [-0.25, -0.2) is 0 Å². The van der Waals surface area contributed by atoms with Gasteiger partial charge in [0.2, 0.25) is 11.8 Å². The number of anilines is 1. The number of carboxylic acid groups (broad SMARTS) is 1. The molecular weight excluding hydrogens is 298 g/mol. The number of nitrogens with zero attached hydrogens (tertiary/aromatic N) is 1. The number of aliphatic carboxylic acids is 1. The van der Waals surface area contributed by atoms with Gasteiger partial charge in [0.1, 0.15) is 6.04 Å². The van der Waals surface area contributed by atoms with Gasteiger partial charge in [0.25, 0.3) is 0 Å². The van der Waals surface area contributed by atoms with Gasteiger partial charge in [-0.05, 0) is 18.2 Å². The number of carboxylic acids is 1. The van der Waals surface area contributed by atoms with Crippen molar-refractivity contribution in [3.8, 4) is 0 Å². The molecule has 0 aromatic heterocycles. The van der Waals surface area contributed by atoms with Crippen molar-refractivity contribution >= 4 is 35.1 Å². The average molecular weight is 312 g/mol. The van der Waals surface area contributed by atoms with E-state index < -0.39 is 17.9 Å². The lowest BCUT2D eigenvalue weighted by molar-refractivity contribution is -0.139. The van der Waals surface area contributed by atoms with Gasteiger partial charge in [-0.2, -0.15) is 0 Å². The first-order valence-electron chi connectivity index (χ1n) is 6.25. The third-order valence-corrected chi connectivity index (χ3v) is 3.56. The fraction of sp³-hybridized carbons (Fsp3) is 0.308. The molecule has 1 heterocycles. The molecule has 1 atom stereocenters. The highest BCUT2D eigenvalue weighted by Crippen LogP contribution is 2.26. The first-order valence-corrected chi connectivity index (χ1v) is 6.63. The first kappa shape index (κ1) is 15.1. The molecule has 1 fully saturated rings. The summed E-state index contributed by atoms with van der Waals surface area (Å²) in [5.74, 6) is -2.06. The van der Waals surface area contributed by atoms with Crippen molar-refractivity contribution in [3.63, 3.8) is 0 Å². The van der Waals surface area contributed by atoms with E-state index >= 15 is 0 Å². The maximum absolute atomic E-state index is 11.9. The third-order valence-electron chi connectivity index (χ3n) is 3.25.